The standard InChI is InChI=1S/C13H18N2O3/c1-3-12(16)15-11(13(17)18-2)8-9-4-6-10(14)7-5-9/h4-7,11H,3,8,14H2,1-2H3,(H,15,16). The molecular weight excluding hydrogens is 232 g/mol. The quantitative estimate of drug-likeness (QED) is 0.600. The second-order valence-corrected chi connectivity index (χ2v) is 3.94. The molecule has 0 saturated carbocycles. The predicted molar refractivity (Wildman–Crippen MR) is 68.8 cm³/mol. The van der Waals surface area contributed by atoms with E-state index in [1.54, 1.807) is 19.1 Å². The molecule has 1 aromatic carbocycles. The summed E-state index contributed by atoms with van der Waals surface area (Å²) >= 11 is 0. The summed E-state index contributed by atoms with van der Waals surface area (Å²) in [4.78, 5) is 22.9. The maximum absolute atomic E-state index is 11.6. The van der Waals surface area contributed by atoms with Crippen molar-refractivity contribution in [3.05, 3.63) is 29.8 Å². The van der Waals surface area contributed by atoms with Crippen LogP contribution in [0.25, 0.3) is 0 Å². The molecule has 0 bridgehead atoms. The number of carbonyl (C=O) groups is 2. The fourth-order valence-corrected chi connectivity index (χ4v) is 1.52. The van der Waals surface area contributed by atoms with Crippen molar-refractivity contribution in [1.29, 1.82) is 0 Å². The summed E-state index contributed by atoms with van der Waals surface area (Å²) in [6.45, 7) is 1.73. The minimum atomic E-state index is -0.661. The van der Waals surface area contributed by atoms with Gasteiger partial charge in [0.05, 0.1) is 7.11 Å². The number of methoxy groups -OCH3 is 1. The highest BCUT2D eigenvalue weighted by Gasteiger charge is 2.21. The lowest BCUT2D eigenvalue weighted by molar-refractivity contribution is -0.145. The molecule has 0 spiro atoms. The van der Waals surface area contributed by atoms with Gasteiger partial charge < -0.3 is 15.8 Å². The Morgan fingerprint density at radius 1 is 1.33 bits per heavy atom. The molecule has 1 rings (SSSR count). The second-order valence-electron chi connectivity index (χ2n) is 3.94. The summed E-state index contributed by atoms with van der Waals surface area (Å²) in [6, 6.07) is 6.50. The van der Waals surface area contributed by atoms with Crippen LogP contribution in [0.3, 0.4) is 0 Å². The normalized spacial score (nSPS) is 11.7. The SMILES string of the molecule is CCC(=O)NC(Cc1ccc(N)cc1)C(=O)OC. The number of ether oxygens (including phenoxy) is 1. The number of anilines is 1. The summed E-state index contributed by atoms with van der Waals surface area (Å²) in [6.07, 6.45) is 0.716. The Balaban J connectivity index is 2.74. The summed E-state index contributed by atoms with van der Waals surface area (Å²) in [5.74, 6) is -0.630. The van der Waals surface area contributed by atoms with Gasteiger partial charge in [-0.2, -0.15) is 0 Å². The number of nitrogen functional groups attached to an aromatic ring is 1. The van der Waals surface area contributed by atoms with Crippen LogP contribution in [0.4, 0.5) is 5.69 Å². The molecule has 0 saturated heterocycles. The maximum atomic E-state index is 11.6. The highest BCUT2D eigenvalue weighted by atomic mass is 16.5. The zero-order chi connectivity index (χ0) is 13.5. The van der Waals surface area contributed by atoms with Gasteiger partial charge in [-0.05, 0) is 17.7 Å². The first-order valence-electron chi connectivity index (χ1n) is 5.78. The zero-order valence-corrected chi connectivity index (χ0v) is 10.6. The Hall–Kier alpha value is -2.04. The van der Waals surface area contributed by atoms with Crippen molar-refractivity contribution in [1.82, 2.24) is 5.32 Å². The first kappa shape index (κ1) is 14.0. The van der Waals surface area contributed by atoms with Crippen molar-refractivity contribution in [2.24, 2.45) is 0 Å². The minimum Gasteiger partial charge on any atom is -0.467 e. The third-order valence-corrected chi connectivity index (χ3v) is 2.56. The van der Waals surface area contributed by atoms with E-state index in [2.05, 4.69) is 10.1 Å². The van der Waals surface area contributed by atoms with E-state index in [9.17, 15) is 9.59 Å². The lowest BCUT2D eigenvalue weighted by atomic mass is 10.1. The van der Waals surface area contributed by atoms with Gasteiger partial charge in [0.1, 0.15) is 6.04 Å². The van der Waals surface area contributed by atoms with Gasteiger partial charge in [-0.15, -0.1) is 0 Å². The van der Waals surface area contributed by atoms with E-state index < -0.39 is 12.0 Å². The smallest absolute Gasteiger partial charge is 0.328 e. The number of nitrogens with one attached hydrogen (secondary N) is 1. The van der Waals surface area contributed by atoms with E-state index in [0.717, 1.165) is 5.56 Å². The molecule has 0 aliphatic carbocycles. The fourth-order valence-electron chi connectivity index (χ4n) is 1.52. The van der Waals surface area contributed by atoms with E-state index in [1.807, 2.05) is 12.1 Å². The number of hydrogen-bond acceptors (Lipinski definition) is 4. The summed E-state index contributed by atoms with van der Waals surface area (Å²) in [5, 5.41) is 2.64. The number of rotatable bonds is 5. The molecule has 1 amide bonds. The van der Waals surface area contributed by atoms with Crippen molar-refractivity contribution in [3.8, 4) is 0 Å². The molecule has 0 fully saturated rings. The van der Waals surface area contributed by atoms with Crippen LogP contribution < -0.4 is 11.1 Å². The molecule has 1 aromatic rings. The van der Waals surface area contributed by atoms with Gasteiger partial charge in [0, 0.05) is 18.5 Å². The maximum Gasteiger partial charge on any atom is 0.328 e. The topological polar surface area (TPSA) is 81.4 Å². The predicted octanol–water partition coefficient (Wildman–Crippen LogP) is 0.879. The average Bonchev–Trinajstić information content (AvgIpc) is 2.39. The van der Waals surface area contributed by atoms with Gasteiger partial charge in [0.2, 0.25) is 5.91 Å². The van der Waals surface area contributed by atoms with E-state index in [-0.39, 0.29) is 5.91 Å². The molecule has 1 atom stereocenters. The molecule has 0 aromatic heterocycles. The van der Waals surface area contributed by atoms with Gasteiger partial charge in [-0.1, -0.05) is 19.1 Å². The molecule has 3 N–H and O–H groups in total. The Kier molecular flexibility index (Phi) is 5.17. The first-order valence-corrected chi connectivity index (χ1v) is 5.78. The van der Waals surface area contributed by atoms with E-state index in [0.29, 0.717) is 18.5 Å². The van der Waals surface area contributed by atoms with Crippen LogP contribution in [0.1, 0.15) is 18.9 Å². The summed E-state index contributed by atoms with van der Waals surface area (Å²) < 4.78 is 4.68. The van der Waals surface area contributed by atoms with Crippen LogP contribution in [-0.4, -0.2) is 25.0 Å². The lowest BCUT2D eigenvalue weighted by Gasteiger charge is -2.16. The van der Waals surface area contributed by atoms with Crippen LogP contribution >= 0.6 is 0 Å². The van der Waals surface area contributed by atoms with Crippen LogP contribution in [0, 0.1) is 0 Å². The molecule has 98 valence electrons. The molecule has 1 unspecified atom stereocenters. The molecule has 5 heteroatoms. The number of esters is 1. The summed E-state index contributed by atoms with van der Waals surface area (Å²) in [5.41, 5.74) is 7.16. The fraction of sp³-hybridized carbons (Fsp3) is 0.385. The average molecular weight is 250 g/mol. The molecule has 0 aliphatic rings. The van der Waals surface area contributed by atoms with E-state index in [1.165, 1.54) is 7.11 Å². The number of benzene rings is 1. The number of hydrogen-bond donors (Lipinski definition) is 2. The number of amides is 1. The molecule has 18 heavy (non-hydrogen) atoms. The van der Waals surface area contributed by atoms with Crippen molar-refractivity contribution >= 4 is 17.6 Å². The Morgan fingerprint density at radius 3 is 2.44 bits per heavy atom. The van der Waals surface area contributed by atoms with Gasteiger partial charge in [0.25, 0.3) is 0 Å². The zero-order valence-electron chi connectivity index (χ0n) is 10.6. The molecular formula is C13H18N2O3. The van der Waals surface area contributed by atoms with Crippen molar-refractivity contribution < 1.29 is 14.3 Å². The second kappa shape index (κ2) is 6.64. The first-order chi connectivity index (χ1) is 8.56. The highest BCUT2D eigenvalue weighted by Crippen LogP contribution is 2.09. The Bertz CT molecular complexity index is 415. The van der Waals surface area contributed by atoms with E-state index in [4.69, 9.17) is 5.73 Å². The van der Waals surface area contributed by atoms with Crippen molar-refractivity contribution in [3.63, 3.8) is 0 Å². The van der Waals surface area contributed by atoms with Crippen LogP contribution in [0.15, 0.2) is 24.3 Å². The van der Waals surface area contributed by atoms with Gasteiger partial charge in [-0.3, -0.25) is 4.79 Å². The minimum absolute atomic E-state index is 0.180. The Morgan fingerprint density at radius 2 is 1.94 bits per heavy atom. The summed E-state index contributed by atoms with van der Waals surface area (Å²) in [7, 11) is 1.30. The number of nitrogens with two attached hydrogens (primary N) is 1. The molecule has 5 nitrogen and oxygen atoms in total. The van der Waals surface area contributed by atoms with Crippen molar-refractivity contribution in [2.75, 3.05) is 12.8 Å². The van der Waals surface area contributed by atoms with E-state index >= 15 is 0 Å². The number of carbonyl (C=O) groups excluding carboxylic acids is 2. The van der Waals surface area contributed by atoms with Crippen LogP contribution in [0.2, 0.25) is 0 Å². The van der Waals surface area contributed by atoms with Gasteiger partial charge >= 0.3 is 5.97 Å². The molecule has 0 radical (unpaired) electrons. The van der Waals surface area contributed by atoms with Crippen LogP contribution in [0.5, 0.6) is 0 Å². The molecule has 0 heterocycles. The van der Waals surface area contributed by atoms with Gasteiger partial charge in [-0.25, -0.2) is 4.79 Å². The third-order valence-electron chi connectivity index (χ3n) is 2.56. The largest absolute Gasteiger partial charge is 0.467 e. The monoisotopic (exact) mass is 250 g/mol. The van der Waals surface area contributed by atoms with Crippen LogP contribution in [-0.2, 0) is 20.7 Å². The Labute approximate surface area is 106 Å². The highest BCUT2D eigenvalue weighted by molar-refractivity contribution is 5.84. The molecule has 0 aliphatic heterocycles. The lowest BCUT2D eigenvalue weighted by Crippen LogP contribution is -2.42. The van der Waals surface area contributed by atoms with Crippen molar-refractivity contribution in [2.45, 2.75) is 25.8 Å². The van der Waals surface area contributed by atoms with Gasteiger partial charge in [0.15, 0.2) is 0 Å². The third kappa shape index (κ3) is 4.08.